The summed E-state index contributed by atoms with van der Waals surface area (Å²) in [6, 6.07) is 0. The first-order chi connectivity index (χ1) is 5.87. The standard InChI is InChI=1S/C8H17O3PS/c1-8(2,3)7-5-10-12(13,9-4)11-6-7/h7H,5-6H2,1-4H3. The first-order valence-electron chi connectivity index (χ1n) is 4.32. The van der Waals surface area contributed by atoms with Crippen LogP contribution in [-0.2, 0) is 25.4 Å². The molecule has 1 rings (SSSR count). The van der Waals surface area contributed by atoms with Gasteiger partial charge in [-0.15, -0.1) is 0 Å². The van der Waals surface area contributed by atoms with Gasteiger partial charge in [0.05, 0.1) is 13.2 Å². The zero-order chi connectivity index (χ0) is 10.1. The largest absolute Gasteiger partial charge is 0.326 e. The Hall–Kier alpha value is 0.530. The van der Waals surface area contributed by atoms with Crippen molar-refractivity contribution in [2.24, 2.45) is 11.3 Å². The number of hydrogen-bond acceptors (Lipinski definition) is 4. The topological polar surface area (TPSA) is 27.7 Å². The summed E-state index contributed by atoms with van der Waals surface area (Å²) in [7, 11) is 1.54. The van der Waals surface area contributed by atoms with Gasteiger partial charge in [0.1, 0.15) is 0 Å². The molecule has 1 fully saturated rings. The van der Waals surface area contributed by atoms with Gasteiger partial charge in [-0.1, -0.05) is 20.8 Å². The maximum absolute atomic E-state index is 5.44. The van der Waals surface area contributed by atoms with Crippen LogP contribution in [0.1, 0.15) is 20.8 Å². The molecule has 0 amide bonds. The summed E-state index contributed by atoms with van der Waals surface area (Å²) < 4.78 is 15.9. The quantitative estimate of drug-likeness (QED) is 0.640. The molecule has 1 saturated heterocycles. The highest BCUT2D eigenvalue weighted by Gasteiger charge is 2.34. The molecule has 78 valence electrons. The fraction of sp³-hybridized carbons (Fsp3) is 1.00. The Morgan fingerprint density at radius 1 is 1.31 bits per heavy atom. The lowest BCUT2D eigenvalue weighted by molar-refractivity contribution is 0.0273. The Bertz CT molecular complexity index is 212. The van der Waals surface area contributed by atoms with Crippen molar-refractivity contribution < 1.29 is 13.6 Å². The highest BCUT2D eigenvalue weighted by molar-refractivity contribution is 8.07. The van der Waals surface area contributed by atoms with E-state index in [4.69, 9.17) is 25.4 Å². The molecule has 1 aliphatic heterocycles. The van der Waals surface area contributed by atoms with Crippen LogP contribution in [0.2, 0.25) is 0 Å². The third-order valence-electron chi connectivity index (χ3n) is 2.32. The van der Waals surface area contributed by atoms with E-state index >= 15 is 0 Å². The van der Waals surface area contributed by atoms with E-state index in [1.807, 2.05) is 0 Å². The van der Waals surface area contributed by atoms with E-state index < -0.39 is 6.72 Å². The summed E-state index contributed by atoms with van der Waals surface area (Å²) in [5, 5.41) is 0. The minimum Gasteiger partial charge on any atom is -0.312 e. The van der Waals surface area contributed by atoms with Crippen molar-refractivity contribution in [1.82, 2.24) is 0 Å². The molecule has 0 atom stereocenters. The predicted octanol–water partition coefficient (Wildman–Crippen LogP) is 2.57. The van der Waals surface area contributed by atoms with Gasteiger partial charge in [0.15, 0.2) is 0 Å². The van der Waals surface area contributed by atoms with Gasteiger partial charge in [0.25, 0.3) is 0 Å². The maximum atomic E-state index is 5.44. The first kappa shape index (κ1) is 11.6. The first-order valence-corrected chi connectivity index (χ1v) is 6.88. The van der Waals surface area contributed by atoms with E-state index in [1.54, 1.807) is 0 Å². The molecule has 0 aromatic carbocycles. The molecule has 3 nitrogen and oxygen atoms in total. The van der Waals surface area contributed by atoms with Gasteiger partial charge in [-0.05, 0) is 17.2 Å². The van der Waals surface area contributed by atoms with Crippen molar-refractivity contribution in [1.29, 1.82) is 0 Å². The van der Waals surface area contributed by atoms with Gasteiger partial charge in [-0.2, -0.15) is 0 Å². The number of hydrogen-bond donors (Lipinski definition) is 0. The lowest BCUT2D eigenvalue weighted by atomic mass is 9.82. The van der Waals surface area contributed by atoms with E-state index in [-0.39, 0.29) is 5.41 Å². The molecule has 0 N–H and O–H groups in total. The van der Waals surface area contributed by atoms with Gasteiger partial charge in [-0.3, -0.25) is 0 Å². The third kappa shape index (κ3) is 3.00. The average Bonchev–Trinajstić information content (AvgIpc) is 2.04. The van der Waals surface area contributed by atoms with E-state index in [1.165, 1.54) is 7.11 Å². The van der Waals surface area contributed by atoms with Crippen LogP contribution >= 0.6 is 6.72 Å². The fourth-order valence-corrected chi connectivity index (χ4v) is 2.43. The highest BCUT2D eigenvalue weighted by Crippen LogP contribution is 2.53. The summed E-state index contributed by atoms with van der Waals surface area (Å²) in [6.45, 7) is 5.44. The van der Waals surface area contributed by atoms with Gasteiger partial charge >= 0.3 is 6.72 Å². The maximum Gasteiger partial charge on any atom is 0.326 e. The molecule has 0 bridgehead atoms. The van der Waals surface area contributed by atoms with Crippen LogP contribution in [0.15, 0.2) is 0 Å². The second kappa shape index (κ2) is 3.95. The van der Waals surface area contributed by atoms with Crippen LogP contribution in [0.3, 0.4) is 0 Å². The van der Waals surface area contributed by atoms with Crippen LogP contribution in [0, 0.1) is 11.3 Å². The molecule has 1 aliphatic rings. The molecule has 0 radical (unpaired) electrons. The predicted molar refractivity (Wildman–Crippen MR) is 56.1 cm³/mol. The molecule has 1 heterocycles. The Kier molecular flexibility index (Phi) is 3.53. The second-order valence-corrected chi connectivity index (χ2v) is 7.40. The highest BCUT2D eigenvalue weighted by atomic mass is 32.5. The Morgan fingerprint density at radius 3 is 2.08 bits per heavy atom. The van der Waals surface area contributed by atoms with Gasteiger partial charge < -0.3 is 13.6 Å². The molecule has 0 aromatic rings. The second-order valence-electron chi connectivity index (χ2n) is 4.28. The lowest BCUT2D eigenvalue weighted by Crippen LogP contribution is -2.32. The molecule has 0 saturated carbocycles. The molecule has 5 heteroatoms. The van der Waals surface area contributed by atoms with Crippen molar-refractivity contribution >= 4 is 18.5 Å². The summed E-state index contributed by atoms with van der Waals surface area (Å²) in [4.78, 5) is 0. The van der Waals surface area contributed by atoms with E-state index in [2.05, 4.69) is 20.8 Å². The molecular formula is C8H17O3PS. The van der Waals surface area contributed by atoms with Crippen molar-refractivity contribution in [2.75, 3.05) is 20.3 Å². The third-order valence-corrected chi connectivity index (χ3v) is 4.77. The molecule has 0 unspecified atom stereocenters. The van der Waals surface area contributed by atoms with Crippen LogP contribution < -0.4 is 0 Å². The van der Waals surface area contributed by atoms with Crippen LogP contribution in [-0.4, -0.2) is 20.3 Å². The summed E-state index contributed by atoms with van der Waals surface area (Å²) in [5.74, 6) is 0.402. The Balaban J connectivity index is 2.53. The van der Waals surface area contributed by atoms with E-state index in [0.717, 1.165) is 0 Å². The van der Waals surface area contributed by atoms with Crippen molar-refractivity contribution in [2.45, 2.75) is 20.8 Å². The number of rotatable bonds is 1. The summed E-state index contributed by atoms with van der Waals surface area (Å²) in [6.07, 6.45) is 0. The van der Waals surface area contributed by atoms with Crippen LogP contribution in [0.25, 0.3) is 0 Å². The Morgan fingerprint density at radius 2 is 1.77 bits per heavy atom. The zero-order valence-corrected chi connectivity index (χ0v) is 10.3. The molecule has 0 aromatic heterocycles. The van der Waals surface area contributed by atoms with Crippen molar-refractivity contribution in [3.8, 4) is 0 Å². The van der Waals surface area contributed by atoms with Gasteiger partial charge in [0, 0.05) is 13.0 Å². The SMILES string of the molecule is COP1(=S)OCC(C(C)(C)C)CO1. The lowest BCUT2D eigenvalue weighted by Gasteiger charge is -2.36. The molecular weight excluding hydrogens is 207 g/mol. The van der Waals surface area contributed by atoms with Gasteiger partial charge in [-0.25, -0.2) is 0 Å². The Labute approximate surface area is 85.0 Å². The smallest absolute Gasteiger partial charge is 0.312 e. The van der Waals surface area contributed by atoms with Crippen LogP contribution in [0.4, 0.5) is 0 Å². The van der Waals surface area contributed by atoms with Gasteiger partial charge in [0.2, 0.25) is 0 Å². The van der Waals surface area contributed by atoms with E-state index in [9.17, 15) is 0 Å². The van der Waals surface area contributed by atoms with Crippen molar-refractivity contribution in [3.63, 3.8) is 0 Å². The monoisotopic (exact) mass is 224 g/mol. The summed E-state index contributed by atoms with van der Waals surface area (Å²) >= 11 is 5.08. The minimum atomic E-state index is -2.37. The fourth-order valence-electron chi connectivity index (χ4n) is 1.05. The van der Waals surface area contributed by atoms with E-state index in [0.29, 0.717) is 19.1 Å². The average molecular weight is 224 g/mol. The summed E-state index contributed by atoms with van der Waals surface area (Å²) in [5.41, 5.74) is 0.203. The molecule has 0 spiro atoms. The molecule has 0 aliphatic carbocycles. The molecule has 13 heavy (non-hydrogen) atoms. The van der Waals surface area contributed by atoms with Crippen LogP contribution in [0.5, 0.6) is 0 Å². The minimum absolute atomic E-state index is 0.203. The zero-order valence-electron chi connectivity index (χ0n) is 8.57. The normalized spacial score (nSPS) is 36.2. The van der Waals surface area contributed by atoms with Crippen molar-refractivity contribution in [3.05, 3.63) is 0 Å².